The number of piperazine rings is 1. The van der Waals surface area contributed by atoms with E-state index >= 15 is 0 Å². The molecule has 2 aromatic carbocycles. The van der Waals surface area contributed by atoms with Gasteiger partial charge in [-0.2, -0.15) is 0 Å². The lowest BCUT2D eigenvalue weighted by Crippen LogP contribution is -2.73. The number of nitrogens with zero attached hydrogens (tertiary/aromatic N) is 2. The number of hydrogen-bond donors (Lipinski definition) is 4. The van der Waals surface area contributed by atoms with Crippen LogP contribution in [-0.2, 0) is 16.1 Å². The van der Waals surface area contributed by atoms with Gasteiger partial charge in [-0.25, -0.2) is 4.79 Å². The van der Waals surface area contributed by atoms with Crippen molar-refractivity contribution in [3.05, 3.63) is 53.6 Å². The highest BCUT2D eigenvalue weighted by Crippen LogP contribution is 2.38. The molecule has 2 saturated heterocycles. The van der Waals surface area contributed by atoms with Gasteiger partial charge in [-0.05, 0) is 61.9 Å². The zero-order valence-electron chi connectivity index (χ0n) is 25.3. The van der Waals surface area contributed by atoms with Gasteiger partial charge in [0.15, 0.2) is 0 Å². The molecule has 2 aromatic rings. The number of rotatable bonds is 10. The Balaban J connectivity index is 0.00000442. The third-order valence-corrected chi connectivity index (χ3v) is 9.36. The molecule has 0 unspecified atom stereocenters. The quantitative estimate of drug-likeness (QED) is 0.292. The molecule has 3 aliphatic rings. The summed E-state index contributed by atoms with van der Waals surface area (Å²) in [6, 6.07) is 11.0. The number of aromatic carboxylic acids is 1. The molecule has 1 spiro atoms. The molecule has 0 radical (unpaired) electrons. The molecular weight excluding hydrogens is 586 g/mol. The van der Waals surface area contributed by atoms with Crippen LogP contribution >= 0.6 is 12.4 Å². The molecule has 44 heavy (non-hydrogen) atoms. The summed E-state index contributed by atoms with van der Waals surface area (Å²) in [7, 11) is 0. The van der Waals surface area contributed by atoms with Crippen molar-refractivity contribution in [3.8, 4) is 17.2 Å². The van der Waals surface area contributed by atoms with Crippen molar-refractivity contribution in [1.29, 1.82) is 0 Å². The average Bonchev–Trinajstić information content (AvgIpc) is 2.98. The van der Waals surface area contributed by atoms with Crippen LogP contribution in [0.25, 0.3) is 0 Å². The molecule has 3 fully saturated rings. The van der Waals surface area contributed by atoms with Crippen LogP contribution in [0.2, 0.25) is 0 Å². The first-order valence-electron chi connectivity index (χ1n) is 15.5. The lowest BCUT2D eigenvalue weighted by molar-refractivity contribution is -0.163. The second kappa shape index (κ2) is 14.2. The highest BCUT2D eigenvalue weighted by Gasteiger charge is 2.54. The molecule has 10 nitrogen and oxygen atoms in total. The van der Waals surface area contributed by atoms with Gasteiger partial charge in [0.05, 0.1) is 5.60 Å². The SMILES string of the molecule is CCCCN1C(=O)[C@@H](CC2(O)CCCCC2)NC(=O)C12CCN(Cc1ccc(Oc3ccc(C(=O)O)c(O)c3)cc1)CC2.Cl. The maximum atomic E-state index is 13.8. The van der Waals surface area contributed by atoms with Gasteiger partial charge in [-0.1, -0.05) is 44.7 Å². The van der Waals surface area contributed by atoms with Crippen molar-refractivity contribution >= 4 is 30.2 Å². The Labute approximate surface area is 264 Å². The van der Waals surface area contributed by atoms with Crippen LogP contribution in [0.1, 0.15) is 87.1 Å². The van der Waals surface area contributed by atoms with E-state index in [2.05, 4.69) is 17.1 Å². The standard InChI is InChI=1S/C33H43N3O7.ClH/c1-2-3-17-36-29(38)27(21-32(42)13-5-4-6-14-32)34-31(41)33(36)15-18-35(19-16-33)22-23-7-9-24(10-8-23)43-25-11-12-26(30(39)40)28(37)20-25;/h7-12,20,27,37,42H,2-6,13-19,21-22H2,1H3,(H,34,41)(H,39,40);1H/t27-;/m1./s1. The molecule has 1 saturated carbocycles. The second-order valence-corrected chi connectivity index (χ2v) is 12.4. The number of aromatic hydroxyl groups is 1. The molecule has 1 aliphatic carbocycles. The molecule has 2 heterocycles. The minimum atomic E-state index is -1.21. The number of carbonyl (C=O) groups excluding carboxylic acids is 2. The van der Waals surface area contributed by atoms with E-state index in [0.29, 0.717) is 63.4 Å². The first kappa shape index (κ1) is 33.6. The number of benzene rings is 2. The van der Waals surface area contributed by atoms with Crippen molar-refractivity contribution in [3.63, 3.8) is 0 Å². The molecule has 4 N–H and O–H groups in total. The van der Waals surface area contributed by atoms with Gasteiger partial charge in [-0.15, -0.1) is 12.4 Å². The van der Waals surface area contributed by atoms with Gasteiger partial charge in [0, 0.05) is 38.7 Å². The summed E-state index contributed by atoms with van der Waals surface area (Å²) in [6.45, 7) is 4.67. The van der Waals surface area contributed by atoms with E-state index in [4.69, 9.17) is 9.84 Å². The van der Waals surface area contributed by atoms with E-state index in [1.807, 2.05) is 29.2 Å². The number of amides is 2. The number of piperidine rings is 1. The Bertz CT molecular complexity index is 1320. The van der Waals surface area contributed by atoms with Gasteiger partial charge in [-0.3, -0.25) is 14.5 Å². The molecule has 0 bridgehead atoms. The average molecular weight is 630 g/mol. The van der Waals surface area contributed by atoms with E-state index in [1.54, 1.807) is 0 Å². The Kier molecular flexibility index (Phi) is 10.8. The van der Waals surface area contributed by atoms with E-state index in [9.17, 15) is 24.6 Å². The zero-order valence-corrected chi connectivity index (χ0v) is 26.1. The van der Waals surface area contributed by atoms with Crippen LogP contribution in [0.3, 0.4) is 0 Å². The fourth-order valence-electron chi connectivity index (χ4n) is 6.84. The Morgan fingerprint density at radius 3 is 2.27 bits per heavy atom. The lowest BCUT2D eigenvalue weighted by atomic mass is 9.77. The number of halogens is 1. The van der Waals surface area contributed by atoms with Crippen LogP contribution in [0.5, 0.6) is 17.2 Å². The number of unbranched alkanes of at least 4 members (excludes halogenated alkanes) is 1. The van der Waals surface area contributed by atoms with Crippen molar-refractivity contribution < 1.29 is 34.4 Å². The van der Waals surface area contributed by atoms with Crippen LogP contribution in [0.4, 0.5) is 0 Å². The van der Waals surface area contributed by atoms with E-state index in [0.717, 1.165) is 37.7 Å². The summed E-state index contributed by atoms with van der Waals surface area (Å²) in [6.07, 6.45) is 7.53. The summed E-state index contributed by atoms with van der Waals surface area (Å²) in [5.41, 5.74) is -0.857. The van der Waals surface area contributed by atoms with E-state index in [1.165, 1.54) is 18.2 Å². The number of carbonyl (C=O) groups is 3. The maximum Gasteiger partial charge on any atom is 0.339 e. The predicted molar refractivity (Wildman–Crippen MR) is 167 cm³/mol. The van der Waals surface area contributed by atoms with Gasteiger partial charge in [0.1, 0.15) is 34.4 Å². The predicted octanol–water partition coefficient (Wildman–Crippen LogP) is 4.85. The highest BCUT2D eigenvalue weighted by atomic mass is 35.5. The fraction of sp³-hybridized carbons (Fsp3) is 0.545. The topological polar surface area (TPSA) is 140 Å². The van der Waals surface area contributed by atoms with Gasteiger partial charge in [0.2, 0.25) is 11.8 Å². The molecule has 240 valence electrons. The number of nitrogens with one attached hydrogen (secondary N) is 1. The number of aliphatic hydroxyl groups is 1. The first-order valence-corrected chi connectivity index (χ1v) is 15.5. The smallest absolute Gasteiger partial charge is 0.339 e. The van der Waals surface area contributed by atoms with Crippen molar-refractivity contribution in [1.82, 2.24) is 15.1 Å². The molecular formula is C33H44ClN3O7. The number of ether oxygens (including phenoxy) is 1. The molecule has 2 aliphatic heterocycles. The number of carboxylic acids is 1. The molecule has 11 heteroatoms. The van der Waals surface area contributed by atoms with Gasteiger partial charge >= 0.3 is 5.97 Å². The third kappa shape index (κ3) is 7.30. The van der Waals surface area contributed by atoms with Crippen LogP contribution in [-0.4, -0.2) is 79.7 Å². The van der Waals surface area contributed by atoms with Crippen molar-refractivity contribution in [2.45, 2.75) is 94.9 Å². The van der Waals surface area contributed by atoms with E-state index < -0.39 is 23.2 Å². The van der Waals surface area contributed by atoms with Gasteiger partial charge < -0.3 is 30.3 Å². The summed E-state index contributed by atoms with van der Waals surface area (Å²) < 4.78 is 5.78. The molecule has 5 rings (SSSR count). The molecule has 0 aromatic heterocycles. The second-order valence-electron chi connectivity index (χ2n) is 12.4. The summed E-state index contributed by atoms with van der Waals surface area (Å²) in [5, 5.41) is 33.2. The Hall–Kier alpha value is -3.34. The normalized spacial score (nSPS) is 21.4. The number of likely N-dealkylation sites (tertiary alicyclic amines) is 1. The van der Waals surface area contributed by atoms with Crippen molar-refractivity contribution in [2.24, 2.45) is 0 Å². The van der Waals surface area contributed by atoms with Crippen LogP contribution < -0.4 is 10.1 Å². The minimum absolute atomic E-state index is 0. The van der Waals surface area contributed by atoms with Crippen molar-refractivity contribution in [2.75, 3.05) is 19.6 Å². The Morgan fingerprint density at radius 1 is 1.00 bits per heavy atom. The lowest BCUT2D eigenvalue weighted by Gasteiger charge is -2.52. The third-order valence-electron chi connectivity index (χ3n) is 9.36. The molecule has 1 atom stereocenters. The minimum Gasteiger partial charge on any atom is -0.507 e. The fourth-order valence-corrected chi connectivity index (χ4v) is 6.84. The highest BCUT2D eigenvalue weighted by molar-refractivity contribution is 6.00. The number of carboxylic acid groups (broad SMARTS) is 1. The number of phenols is 1. The summed E-state index contributed by atoms with van der Waals surface area (Å²) in [5.74, 6) is -0.818. The zero-order chi connectivity index (χ0) is 30.6. The Morgan fingerprint density at radius 2 is 1.66 bits per heavy atom. The molecule has 2 amide bonds. The maximum absolute atomic E-state index is 13.8. The summed E-state index contributed by atoms with van der Waals surface area (Å²) in [4.78, 5) is 42.8. The number of hydrogen-bond acceptors (Lipinski definition) is 7. The van der Waals surface area contributed by atoms with Crippen LogP contribution in [0.15, 0.2) is 42.5 Å². The first-order chi connectivity index (χ1) is 20.6. The largest absolute Gasteiger partial charge is 0.507 e. The summed E-state index contributed by atoms with van der Waals surface area (Å²) >= 11 is 0. The monoisotopic (exact) mass is 629 g/mol. The van der Waals surface area contributed by atoms with Gasteiger partial charge in [0.25, 0.3) is 0 Å². The van der Waals surface area contributed by atoms with E-state index in [-0.39, 0.29) is 42.0 Å². The van der Waals surface area contributed by atoms with Crippen LogP contribution in [0, 0.1) is 0 Å².